The van der Waals surface area contributed by atoms with E-state index in [1.165, 1.54) is 0 Å². The molecule has 0 aliphatic carbocycles. The first kappa shape index (κ1) is 15.5. The third-order valence-corrected chi connectivity index (χ3v) is 4.68. The van der Waals surface area contributed by atoms with Crippen LogP contribution < -0.4 is 0 Å². The molecule has 0 N–H and O–H groups in total. The summed E-state index contributed by atoms with van der Waals surface area (Å²) in [5.41, 5.74) is -0.634. The number of amides is 1. The monoisotopic (exact) mass is 309 g/mol. The Morgan fingerprint density at radius 1 is 1.50 bits per heavy atom. The van der Waals surface area contributed by atoms with Crippen LogP contribution >= 0.6 is 0 Å². The maximum absolute atomic E-state index is 12.7. The highest BCUT2D eigenvalue weighted by molar-refractivity contribution is 5.91. The fraction of sp³-hybridized carbons (Fsp3) is 0.750. The van der Waals surface area contributed by atoms with Crippen LogP contribution in [0.3, 0.4) is 0 Å². The van der Waals surface area contributed by atoms with Gasteiger partial charge >= 0.3 is 5.97 Å². The maximum atomic E-state index is 12.7. The summed E-state index contributed by atoms with van der Waals surface area (Å²) in [4.78, 5) is 26.8. The number of fused-ring (bicyclic) bond motifs is 1. The van der Waals surface area contributed by atoms with Gasteiger partial charge in [0, 0.05) is 20.3 Å². The molecule has 3 rings (SSSR count). The van der Waals surface area contributed by atoms with E-state index in [0.717, 1.165) is 12.8 Å². The summed E-state index contributed by atoms with van der Waals surface area (Å²) in [5.74, 6) is -1.25. The normalized spacial score (nSPS) is 35.3. The summed E-state index contributed by atoms with van der Waals surface area (Å²) < 4.78 is 16.3. The summed E-state index contributed by atoms with van der Waals surface area (Å²) >= 11 is 0. The van der Waals surface area contributed by atoms with Gasteiger partial charge in [0.05, 0.1) is 25.2 Å². The molecule has 6 nitrogen and oxygen atoms in total. The van der Waals surface area contributed by atoms with E-state index in [1.54, 1.807) is 12.0 Å². The van der Waals surface area contributed by atoms with Crippen molar-refractivity contribution in [3.05, 3.63) is 12.2 Å². The largest absolute Gasteiger partial charge is 0.465 e. The van der Waals surface area contributed by atoms with Crippen molar-refractivity contribution in [3.8, 4) is 0 Å². The Hall–Kier alpha value is -1.40. The number of nitrogens with zero attached hydrogens (tertiary/aromatic N) is 1. The van der Waals surface area contributed by atoms with Gasteiger partial charge in [-0.15, -0.1) is 0 Å². The van der Waals surface area contributed by atoms with Gasteiger partial charge in [-0.1, -0.05) is 19.1 Å². The molecule has 2 bridgehead atoms. The third kappa shape index (κ3) is 2.34. The van der Waals surface area contributed by atoms with Gasteiger partial charge in [0.15, 0.2) is 0 Å². The minimum atomic E-state index is -0.634. The molecule has 3 aliphatic rings. The molecule has 122 valence electrons. The summed E-state index contributed by atoms with van der Waals surface area (Å²) in [7, 11) is 1.65. The van der Waals surface area contributed by atoms with E-state index in [9.17, 15) is 9.59 Å². The third-order valence-electron chi connectivity index (χ3n) is 4.68. The summed E-state index contributed by atoms with van der Waals surface area (Å²) in [6.07, 6.45) is 5.09. The van der Waals surface area contributed by atoms with E-state index < -0.39 is 17.4 Å². The standard InChI is InChI=1S/C16H23NO5/c1-3-8-21-15(19)12-11-5-6-16(22-11)10-17(7-4-9-20-2)14(18)13(12)16/h5-6,11-13H,3-4,7-10H2,1-2H3/t11-,12?,13-,16?/m1/s1. The number of ether oxygens (including phenoxy) is 3. The molecule has 0 aromatic carbocycles. The Labute approximate surface area is 130 Å². The average molecular weight is 309 g/mol. The fourth-order valence-electron chi connectivity index (χ4n) is 3.74. The topological polar surface area (TPSA) is 65.1 Å². The second-order valence-electron chi connectivity index (χ2n) is 6.17. The molecule has 0 radical (unpaired) electrons. The number of esters is 1. The number of carbonyl (C=O) groups is 2. The lowest BCUT2D eigenvalue weighted by molar-refractivity contribution is -0.153. The Bertz CT molecular complexity index is 491. The predicted molar refractivity (Wildman–Crippen MR) is 78.0 cm³/mol. The molecule has 1 spiro atoms. The van der Waals surface area contributed by atoms with E-state index in [1.807, 2.05) is 19.1 Å². The number of rotatable bonds is 7. The minimum absolute atomic E-state index is 0.00130. The van der Waals surface area contributed by atoms with E-state index >= 15 is 0 Å². The Morgan fingerprint density at radius 2 is 2.32 bits per heavy atom. The Balaban J connectivity index is 1.73. The lowest BCUT2D eigenvalue weighted by Crippen LogP contribution is -2.40. The average Bonchev–Trinajstić information content (AvgIpc) is 3.14. The highest BCUT2D eigenvalue weighted by atomic mass is 16.6. The molecule has 3 heterocycles. The zero-order chi connectivity index (χ0) is 15.7. The van der Waals surface area contributed by atoms with Gasteiger partial charge in [-0.3, -0.25) is 9.59 Å². The second-order valence-corrected chi connectivity index (χ2v) is 6.17. The highest BCUT2D eigenvalue weighted by Gasteiger charge is 2.67. The van der Waals surface area contributed by atoms with Crippen molar-refractivity contribution < 1.29 is 23.8 Å². The lowest BCUT2D eigenvalue weighted by Gasteiger charge is -2.22. The number of carbonyl (C=O) groups excluding carboxylic acids is 2. The predicted octanol–water partition coefficient (Wildman–Crippen LogP) is 0.758. The first-order chi connectivity index (χ1) is 10.6. The van der Waals surface area contributed by atoms with E-state index in [2.05, 4.69) is 0 Å². The number of hydrogen-bond acceptors (Lipinski definition) is 5. The Morgan fingerprint density at radius 3 is 3.05 bits per heavy atom. The van der Waals surface area contributed by atoms with E-state index in [-0.39, 0.29) is 18.0 Å². The van der Waals surface area contributed by atoms with Crippen molar-refractivity contribution in [3.63, 3.8) is 0 Å². The smallest absolute Gasteiger partial charge is 0.312 e. The van der Waals surface area contributed by atoms with Gasteiger partial charge in [-0.05, 0) is 12.8 Å². The van der Waals surface area contributed by atoms with Crippen molar-refractivity contribution in [2.75, 3.05) is 33.4 Å². The molecule has 2 saturated heterocycles. The van der Waals surface area contributed by atoms with Gasteiger partial charge in [0.1, 0.15) is 11.5 Å². The zero-order valence-corrected chi connectivity index (χ0v) is 13.1. The van der Waals surface area contributed by atoms with Crippen LogP contribution in [0.25, 0.3) is 0 Å². The van der Waals surface area contributed by atoms with Crippen molar-refractivity contribution in [1.29, 1.82) is 0 Å². The fourth-order valence-corrected chi connectivity index (χ4v) is 3.74. The summed E-state index contributed by atoms with van der Waals surface area (Å²) in [6.45, 7) is 4.10. The van der Waals surface area contributed by atoms with Crippen LogP contribution in [0.5, 0.6) is 0 Å². The van der Waals surface area contributed by atoms with Gasteiger partial charge < -0.3 is 19.1 Å². The van der Waals surface area contributed by atoms with Gasteiger partial charge in [-0.25, -0.2) is 0 Å². The van der Waals surface area contributed by atoms with Crippen molar-refractivity contribution in [1.82, 2.24) is 4.90 Å². The van der Waals surface area contributed by atoms with Gasteiger partial charge in [-0.2, -0.15) is 0 Å². The van der Waals surface area contributed by atoms with Crippen LogP contribution in [0.4, 0.5) is 0 Å². The zero-order valence-electron chi connectivity index (χ0n) is 13.1. The van der Waals surface area contributed by atoms with Crippen molar-refractivity contribution in [2.45, 2.75) is 31.5 Å². The van der Waals surface area contributed by atoms with Crippen LogP contribution in [0.2, 0.25) is 0 Å². The Kier molecular flexibility index (Phi) is 4.23. The van der Waals surface area contributed by atoms with E-state index in [4.69, 9.17) is 14.2 Å². The highest BCUT2D eigenvalue weighted by Crippen LogP contribution is 2.52. The van der Waals surface area contributed by atoms with Crippen LogP contribution in [-0.2, 0) is 23.8 Å². The molecular formula is C16H23NO5. The molecule has 0 saturated carbocycles. The quantitative estimate of drug-likeness (QED) is 0.395. The van der Waals surface area contributed by atoms with Crippen molar-refractivity contribution >= 4 is 11.9 Å². The summed E-state index contributed by atoms with van der Waals surface area (Å²) in [5, 5.41) is 0. The first-order valence-corrected chi connectivity index (χ1v) is 7.94. The maximum Gasteiger partial charge on any atom is 0.312 e. The molecule has 1 amide bonds. The molecule has 3 aliphatic heterocycles. The summed E-state index contributed by atoms with van der Waals surface area (Å²) in [6, 6.07) is 0. The SMILES string of the molecule is CCCOC(=O)C1[C@H]2C=CC3(CN(CCCOC)C(=O)[C@@H]13)O2. The molecule has 2 unspecified atom stereocenters. The van der Waals surface area contributed by atoms with Crippen LogP contribution in [0, 0.1) is 11.8 Å². The minimum Gasteiger partial charge on any atom is -0.465 e. The first-order valence-electron chi connectivity index (χ1n) is 7.94. The van der Waals surface area contributed by atoms with Crippen LogP contribution in [0.1, 0.15) is 19.8 Å². The molecule has 0 aromatic heterocycles. The molecule has 4 atom stereocenters. The van der Waals surface area contributed by atoms with Crippen molar-refractivity contribution in [2.24, 2.45) is 11.8 Å². The molecule has 2 fully saturated rings. The number of hydrogen-bond donors (Lipinski definition) is 0. The lowest BCUT2D eigenvalue weighted by atomic mass is 9.77. The number of likely N-dealkylation sites (tertiary alicyclic amines) is 1. The van der Waals surface area contributed by atoms with Crippen LogP contribution in [0.15, 0.2) is 12.2 Å². The van der Waals surface area contributed by atoms with Gasteiger partial charge in [0.25, 0.3) is 0 Å². The molecular weight excluding hydrogens is 286 g/mol. The number of methoxy groups -OCH3 is 1. The second kappa shape index (κ2) is 6.01. The molecule has 6 heteroatoms. The van der Waals surface area contributed by atoms with Gasteiger partial charge in [0.2, 0.25) is 5.91 Å². The molecule has 22 heavy (non-hydrogen) atoms. The molecule has 0 aromatic rings. The van der Waals surface area contributed by atoms with Crippen LogP contribution in [-0.4, -0.2) is 61.9 Å². The van der Waals surface area contributed by atoms with E-state index in [0.29, 0.717) is 26.3 Å².